The molecule has 0 saturated heterocycles. The van der Waals surface area contributed by atoms with Gasteiger partial charge in [0.25, 0.3) is 0 Å². The Bertz CT molecular complexity index is 359. The summed E-state index contributed by atoms with van der Waals surface area (Å²) in [6, 6.07) is -0.788. The number of aliphatic hydroxyl groups is 1. The van der Waals surface area contributed by atoms with Gasteiger partial charge in [-0.15, -0.1) is 0 Å². The van der Waals surface area contributed by atoms with Gasteiger partial charge in [0.15, 0.2) is 0 Å². The van der Waals surface area contributed by atoms with Crippen LogP contribution in [0.15, 0.2) is 17.1 Å². The summed E-state index contributed by atoms with van der Waals surface area (Å²) in [6.07, 6.45) is 6.36. The number of aliphatic imine (C=N–C) groups is 1. The van der Waals surface area contributed by atoms with Crippen molar-refractivity contribution in [2.45, 2.75) is 58.6 Å². The van der Waals surface area contributed by atoms with E-state index in [1.54, 1.807) is 6.92 Å². The van der Waals surface area contributed by atoms with Crippen molar-refractivity contribution in [1.82, 2.24) is 4.90 Å². The minimum atomic E-state index is -0.997. The van der Waals surface area contributed by atoms with Gasteiger partial charge in [0, 0.05) is 6.54 Å². The van der Waals surface area contributed by atoms with E-state index in [9.17, 15) is 15.0 Å². The minimum absolute atomic E-state index is 0. The van der Waals surface area contributed by atoms with Gasteiger partial charge in [-0.2, -0.15) is 0 Å². The molecule has 0 saturated carbocycles. The van der Waals surface area contributed by atoms with Crippen molar-refractivity contribution < 1.29 is 49.7 Å². The molecule has 0 radical (unpaired) electrons. The van der Waals surface area contributed by atoms with E-state index in [4.69, 9.17) is 5.11 Å². The first-order valence-electron chi connectivity index (χ1n) is 7.38. The van der Waals surface area contributed by atoms with Gasteiger partial charge in [0.05, 0.1) is 12.8 Å². The Morgan fingerprint density at radius 1 is 1.36 bits per heavy atom. The van der Waals surface area contributed by atoms with Crippen LogP contribution in [0, 0.1) is 0 Å². The number of carboxylic acids is 1. The van der Waals surface area contributed by atoms with Crippen LogP contribution >= 0.6 is 0 Å². The first kappa shape index (κ1) is 23.9. The van der Waals surface area contributed by atoms with Gasteiger partial charge in [-0.25, -0.2) is 0 Å². The number of hydrogen-bond donors (Lipinski definition) is 2. The molecule has 0 rings (SSSR count). The monoisotopic (exact) mass is 322 g/mol. The number of carbonyl (C=O) groups is 1. The van der Waals surface area contributed by atoms with Crippen LogP contribution in [0.1, 0.15) is 46.5 Å². The second-order valence-corrected chi connectivity index (χ2v) is 5.10. The fraction of sp³-hybridized carbons (Fsp3) is 0.733. The average Bonchev–Trinajstić information content (AvgIpc) is 2.41. The first-order valence-corrected chi connectivity index (χ1v) is 7.38. The number of rotatable bonds is 11. The zero-order valence-electron chi connectivity index (χ0n) is 14.2. The molecule has 122 valence electrons. The van der Waals surface area contributed by atoms with E-state index in [-0.39, 0.29) is 48.7 Å². The molecule has 0 spiro atoms. The van der Waals surface area contributed by atoms with Crippen molar-refractivity contribution in [3.05, 3.63) is 12.2 Å². The second-order valence-electron chi connectivity index (χ2n) is 5.10. The smallest absolute Gasteiger partial charge is 0.862 e. The fourth-order valence-electron chi connectivity index (χ4n) is 1.74. The topological polar surface area (TPSA) is 96.2 Å². The summed E-state index contributed by atoms with van der Waals surface area (Å²) in [7, 11) is 0. The summed E-state index contributed by atoms with van der Waals surface area (Å²) in [6.45, 7) is 5.31. The molecule has 6 nitrogen and oxygen atoms in total. The first-order chi connectivity index (χ1) is 9.88. The van der Waals surface area contributed by atoms with Crippen LogP contribution in [0.25, 0.3) is 0 Å². The predicted octanol–water partition coefficient (Wildman–Crippen LogP) is -2.00. The molecule has 0 heterocycles. The van der Waals surface area contributed by atoms with Crippen LogP contribution in [0.4, 0.5) is 0 Å². The van der Waals surface area contributed by atoms with Crippen LogP contribution in [0.3, 0.4) is 0 Å². The fourth-order valence-corrected chi connectivity index (χ4v) is 1.74. The van der Waals surface area contributed by atoms with E-state index in [1.165, 1.54) is 11.8 Å². The Hall–Kier alpha value is -0.400. The van der Waals surface area contributed by atoms with Crippen LogP contribution in [0.5, 0.6) is 0 Å². The van der Waals surface area contributed by atoms with Gasteiger partial charge >= 0.3 is 35.5 Å². The van der Waals surface area contributed by atoms with Gasteiger partial charge in [-0.05, 0) is 45.4 Å². The number of nitrogens with zero attached hydrogens (tertiary/aromatic N) is 2. The number of unbranched alkanes of at least 4 members (excludes halogenated alkanes) is 1. The third-order valence-electron chi connectivity index (χ3n) is 3.00. The van der Waals surface area contributed by atoms with E-state index < -0.39 is 18.1 Å². The molecule has 2 unspecified atom stereocenters. The maximum Gasteiger partial charge on any atom is 1.00 e. The maximum atomic E-state index is 11.6. The summed E-state index contributed by atoms with van der Waals surface area (Å²) < 4.78 is 0. The number of aliphatic hydroxyl groups excluding tert-OH is 1. The summed E-state index contributed by atoms with van der Waals surface area (Å²) in [5, 5.41) is 30.0. The quantitative estimate of drug-likeness (QED) is 0.151. The minimum Gasteiger partial charge on any atom is -0.862 e. The Kier molecular flexibility index (Phi) is 15.4. The van der Waals surface area contributed by atoms with E-state index in [0.29, 0.717) is 6.42 Å². The van der Waals surface area contributed by atoms with Crippen LogP contribution in [0.2, 0.25) is 0 Å². The molecule has 2 N–H and O–H groups in total. The summed E-state index contributed by atoms with van der Waals surface area (Å²) in [4.78, 5) is 16.3. The molecular weight excluding hydrogens is 295 g/mol. The van der Waals surface area contributed by atoms with Crippen molar-refractivity contribution in [2.75, 3.05) is 13.2 Å². The van der Waals surface area contributed by atoms with Gasteiger partial charge in [-0.3, -0.25) is 14.7 Å². The Balaban J connectivity index is 0. The number of hydrogen-bond acceptors (Lipinski definition) is 5. The molecule has 0 amide bonds. The van der Waals surface area contributed by atoms with Crippen LogP contribution < -0.4 is 34.7 Å². The van der Waals surface area contributed by atoms with Crippen molar-refractivity contribution in [1.29, 1.82) is 0 Å². The van der Waals surface area contributed by atoms with Crippen molar-refractivity contribution in [3.8, 4) is 0 Å². The summed E-state index contributed by atoms with van der Waals surface area (Å²) in [5.41, 5.74) is 0. The summed E-state index contributed by atoms with van der Waals surface area (Å²) >= 11 is 0. The normalized spacial score (nSPS) is 14.9. The molecule has 22 heavy (non-hydrogen) atoms. The van der Waals surface area contributed by atoms with Crippen LogP contribution in [-0.4, -0.2) is 52.3 Å². The SMILES string of the molecule is CC/C=C/CCCC([O-])=NCN(CC(C)O)C(C)C(=O)O.[Na+]. The van der Waals surface area contributed by atoms with Crippen molar-refractivity contribution >= 4 is 11.9 Å². The molecule has 7 heteroatoms. The van der Waals surface area contributed by atoms with Gasteiger partial charge in [0.2, 0.25) is 0 Å². The molecule has 0 aliphatic rings. The van der Waals surface area contributed by atoms with E-state index >= 15 is 0 Å². The Morgan fingerprint density at radius 3 is 2.50 bits per heavy atom. The van der Waals surface area contributed by atoms with Crippen molar-refractivity contribution in [2.24, 2.45) is 4.99 Å². The largest absolute Gasteiger partial charge is 1.00 e. The standard InChI is InChI=1S/C15H28N2O4.Na/c1-4-5-6-7-8-9-14(19)16-11-17(10-12(2)18)13(3)15(20)21;/h5-6,12-13,18H,4,7-11H2,1-3H3,(H,16,19)(H,20,21);/q;+1/p-1/b6-5+;. The third-order valence-corrected chi connectivity index (χ3v) is 3.00. The molecular formula is C15H27N2NaO4. The Morgan fingerprint density at radius 2 is 2.00 bits per heavy atom. The molecule has 0 aromatic carbocycles. The second kappa shape index (κ2) is 14.2. The number of carboxylic acid groups (broad SMARTS) is 1. The molecule has 0 bridgehead atoms. The van der Waals surface area contributed by atoms with Crippen molar-refractivity contribution in [3.63, 3.8) is 0 Å². The van der Waals surface area contributed by atoms with Crippen LogP contribution in [-0.2, 0) is 4.79 Å². The van der Waals surface area contributed by atoms with E-state index in [1.807, 2.05) is 6.08 Å². The molecule has 0 aliphatic heterocycles. The molecule has 2 atom stereocenters. The summed E-state index contributed by atoms with van der Waals surface area (Å²) in [5.74, 6) is -1.23. The van der Waals surface area contributed by atoms with Gasteiger partial charge < -0.3 is 15.3 Å². The average molecular weight is 322 g/mol. The Labute approximate surface area is 155 Å². The molecule has 0 aromatic heterocycles. The molecule has 0 aromatic rings. The third kappa shape index (κ3) is 12.2. The maximum absolute atomic E-state index is 11.6. The van der Waals surface area contributed by atoms with Gasteiger partial charge in [-0.1, -0.05) is 19.1 Å². The molecule has 0 aliphatic carbocycles. The number of allylic oxidation sites excluding steroid dienone is 2. The van der Waals surface area contributed by atoms with E-state index in [0.717, 1.165) is 19.3 Å². The van der Waals surface area contributed by atoms with E-state index in [2.05, 4.69) is 18.0 Å². The van der Waals surface area contributed by atoms with Gasteiger partial charge in [0.1, 0.15) is 6.04 Å². The molecule has 0 fully saturated rings. The zero-order valence-corrected chi connectivity index (χ0v) is 16.2. The number of aliphatic carboxylic acids is 1. The predicted molar refractivity (Wildman–Crippen MR) is 81.1 cm³/mol. The zero-order chi connectivity index (χ0) is 16.3.